The summed E-state index contributed by atoms with van der Waals surface area (Å²) in [5.74, 6) is -3.02. The molecule has 2 saturated heterocycles. The molecule has 6 atom stereocenters. The quantitative estimate of drug-likeness (QED) is 0.191. The average Bonchev–Trinajstić information content (AvgIpc) is 3.57. The third kappa shape index (κ3) is 4.95. The van der Waals surface area contributed by atoms with E-state index in [0.717, 1.165) is 24.3 Å². The zero-order chi connectivity index (χ0) is 37.0. The molecule has 3 aromatic rings. The lowest BCUT2D eigenvalue weighted by molar-refractivity contribution is -0.167. The minimum Gasteiger partial charge on any atom is -0.468 e. The van der Waals surface area contributed by atoms with E-state index in [0.29, 0.717) is 68.6 Å². The molecule has 3 aromatic carbocycles. The van der Waals surface area contributed by atoms with Crippen molar-refractivity contribution in [2.24, 2.45) is 16.7 Å². The van der Waals surface area contributed by atoms with E-state index in [1.165, 1.54) is 12.0 Å². The highest BCUT2D eigenvalue weighted by Crippen LogP contribution is 2.79. The summed E-state index contributed by atoms with van der Waals surface area (Å²) >= 11 is 0. The van der Waals surface area contributed by atoms with Crippen molar-refractivity contribution in [2.45, 2.75) is 75.2 Å². The van der Waals surface area contributed by atoms with Crippen LogP contribution in [0.25, 0.3) is 0 Å². The zero-order valence-electron chi connectivity index (χ0n) is 27.9. The van der Waals surface area contributed by atoms with Crippen LogP contribution >= 0.6 is 0 Å². The third-order valence-electron chi connectivity index (χ3n) is 12.7. The molecule has 0 unspecified atom stereocenters. The van der Waals surface area contributed by atoms with Gasteiger partial charge in [-0.1, -0.05) is 30.3 Å². The first-order valence-corrected chi connectivity index (χ1v) is 17.1. The minimum atomic E-state index is -4.85. The summed E-state index contributed by atoms with van der Waals surface area (Å²) in [4.78, 5) is 32.2. The number of carbonyl (C=O) groups excluding carboxylic acids is 2. The number of ether oxygens (including phenoxy) is 2. The molecule has 0 aromatic heterocycles. The van der Waals surface area contributed by atoms with Crippen LogP contribution in [0.15, 0.2) is 60.7 Å². The van der Waals surface area contributed by atoms with Gasteiger partial charge in [0.15, 0.2) is 0 Å². The van der Waals surface area contributed by atoms with Crippen LogP contribution in [0.3, 0.4) is 0 Å². The average molecular weight is 735 g/mol. The number of piperidine rings is 1. The number of anilines is 1. The van der Waals surface area contributed by atoms with Crippen LogP contribution in [0.4, 0.5) is 40.8 Å². The van der Waals surface area contributed by atoms with Gasteiger partial charge in [-0.3, -0.25) is 14.5 Å². The minimum absolute atomic E-state index is 0.00850. The second-order valence-corrected chi connectivity index (χ2v) is 14.8. The van der Waals surface area contributed by atoms with Gasteiger partial charge in [-0.25, -0.2) is 8.78 Å². The fourth-order valence-electron chi connectivity index (χ4n) is 10.4. The van der Waals surface area contributed by atoms with E-state index in [9.17, 15) is 44.7 Å². The van der Waals surface area contributed by atoms with Crippen LogP contribution in [-0.2, 0) is 50.0 Å². The SMILES string of the molecule is COC(=O)[C@@]12C[C@@]13C[C@@H]1N(CC[C@@]14C(=O)N(Cc1ccc(F)cc1C(F)(F)F)c1ccccc14)C[C@@H]3CC[C@@H]2OCc1ccc(F)cc1C(F)(F)F. The Labute approximate surface area is 293 Å². The normalized spacial score (nSPS) is 30.9. The highest BCUT2D eigenvalue weighted by molar-refractivity contribution is 6.09. The number of carbonyl (C=O) groups is 2. The summed E-state index contributed by atoms with van der Waals surface area (Å²) in [5.41, 5.74) is -4.76. The van der Waals surface area contributed by atoms with Crippen molar-refractivity contribution < 1.29 is 54.2 Å². The van der Waals surface area contributed by atoms with Crippen LogP contribution in [0.5, 0.6) is 0 Å². The lowest BCUT2D eigenvalue weighted by Gasteiger charge is -2.50. The summed E-state index contributed by atoms with van der Waals surface area (Å²) in [5, 5.41) is 0. The summed E-state index contributed by atoms with van der Waals surface area (Å²) in [6, 6.07) is 11.3. The van der Waals surface area contributed by atoms with E-state index in [2.05, 4.69) is 4.90 Å². The molecule has 3 heterocycles. The summed E-state index contributed by atoms with van der Waals surface area (Å²) in [6.45, 7) is 0.132. The molecule has 4 fully saturated rings. The Morgan fingerprint density at radius 2 is 1.56 bits per heavy atom. The predicted octanol–water partition coefficient (Wildman–Crippen LogP) is 7.81. The maximum atomic E-state index is 14.8. The molecule has 2 spiro atoms. The third-order valence-corrected chi connectivity index (χ3v) is 12.7. The number of fused-ring (bicyclic) bond motifs is 4. The van der Waals surface area contributed by atoms with Crippen molar-refractivity contribution in [3.63, 3.8) is 0 Å². The number of alkyl halides is 6. The smallest absolute Gasteiger partial charge is 0.416 e. The van der Waals surface area contributed by atoms with E-state index < -0.39 is 82.6 Å². The number of nitrogens with zero attached hydrogens (tertiary/aromatic N) is 2. The fourth-order valence-corrected chi connectivity index (χ4v) is 10.4. The van der Waals surface area contributed by atoms with Gasteiger partial charge in [0.1, 0.15) is 17.0 Å². The first-order chi connectivity index (χ1) is 24.6. The predicted molar refractivity (Wildman–Crippen MR) is 170 cm³/mol. The van der Waals surface area contributed by atoms with E-state index in [4.69, 9.17) is 9.47 Å². The van der Waals surface area contributed by atoms with Gasteiger partial charge < -0.3 is 14.4 Å². The number of amides is 1. The highest BCUT2D eigenvalue weighted by atomic mass is 19.4. The lowest BCUT2D eigenvalue weighted by Crippen LogP contribution is -2.58. The van der Waals surface area contributed by atoms with Crippen molar-refractivity contribution in [3.8, 4) is 0 Å². The molecule has 2 saturated carbocycles. The van der Waals surface area contributed by atoms with E-state index >= 15 is 0 Å². The number of benzene rings is 3. The first kappa shape index (κ1) is 35.0. The largest absolute Gasteiger partial charge is 0.468 e. The zero-order valence-corrected chi connectivity index (χ0v) is 27.9. The summed E-state index contributed by atoms with van der Waals surface area (Å²) in [7, 11) is 1.25. The number of methoxy groups -OCH3 is 1. The van der Waals surface area contributed by atoms with Crippen molar-refractivity contribution in [1.82, 2.24) is 4.90 Å². The molecule has 1 amide bonds. The number of para-hydroxylation sites is 1. The van der Waals surface area contributed by atoms with E-state index in [1.54, 1.807) is 18.2 Å². The summed E-state index contributed by atoms with van der Waals surface area (Å²) in [6.07, 6.45) is -8.43. The van der Waals surface area contributed by atoms with Gasteiger partial charge >= 0.3 is 18.3 Å². The van der Waals surface area contributed by atoms with Gasteiger partial charge in [-0.15, -0.1) is 0 Å². The van der Waals surface area contributed by atoms with Crippen molar-refractivity contribution in [1.29, 1.82) is 0 Å². The van der Waals surface area contributed by atoms with Gasteiger partial charge in [0, 0.05) is 18.3 Å². The Morgan fingerprint density at radius 3 is 2.23 bits per heavy atom. The molecule has 5 aliphatic rings. The molecule has 0 N–H and O–H groups in total. The van der Waals surface area contributed by atoms with Crippen LogP contribution < -0.4 is 4.90 Å². The molecule has 8 rings (SSSR count). The fraction of sp³-hybridized carbons (Fsp3) is 0.474. The maximum absolute atomic E-state index is 14.8. The number of hydrogen-bond donors (Lipinski definition) is 0. The van der Waals surface area contributed by atoms with E-state index in [-0.39, 0.29) is 23.0 Å². The van der Waals surface area contributed by atoms with Crippen LogP contribution in [0.2, 0.25) is 0 Å². The van der Waals surface area contributed by atoms with Crippen molar-refractivity contribution in [2.75, 3.05) is 25.1 Å². The standard InChI is InChI=1S/C38H34F8N2O4/c1-51-33(50)36-20-34(36)16-30-35(26-4-2-3-5-29(26)48(32(35)49)17-21-6-9-24(39)14-27(21)37(41,42)43)12-13-47(30)18-23(34)8-11-31(36)52-19-22-7-10-25(40)15-28(22)38(44,45)46/h2-7,9-10,14-15,23,30-31H,8,11-13,16-20H2,1H3/t23-,30-,31-,34+,35-,36-/m0/s1. The van der Waals surface area contributed by atoms with Crippen LogP contribution in [0, 0.1) is 28.4 Å². The molecular formula is C38H34F8N2O4. The number of rotatable bonds is 6. The Kier molecular flexibility index (Phi) is 7.90. The van der Waals surface area contributed by atoms with Gasteiger partial charge in [-0.2, -0.15) is 26.3 Å². The molecular weight excluding hydrogens is 700 g/mol. The Hall–Kier alpha value is -4.04. The number of esters is 1. The first-order valence-electron chi connectivity index (χ1n) is 17.1. The maximum Gasteiger partial charge on any atom is 0.416 e. The Morgan fingerprint density at radius 1 is 0.904 bits per heavy atom. The number of halogens is 8. The van der Waals surface area contributed by atoms with Gasteiger partial charge in [0.05, 0.1) is 42.9 Å². The second-order valence-electron chi connectivity index (χ2n) is 14.8. The van der Waals surface area contributed by atoms with E-state index in [1.807, 2.05) is 6.07 Å². The van der Waals surface area contributed by atoms with Crippen LogP contribution in [0.1, 0.15) is 59.9 Å². The molecule has 2 aliphatic carbocycles. The Bertz CT molecular complexity index is 1970. The molecule has 14 heteroatoms. The number of hydrogen-bond acceptors (Lipinski definition) is 5. The molecule has 276 valence electrons. The molecule has 6 nitrogen and oxygen atoms in total. The van der Waals surface area contributed by atoms with Gasteiger partial charge in [0.25, 0.3) is 0 Å². The van der Waals surface area contributed by atoms with Crippen LogP contribution in [-0.4, -0.2) is 49.1 Å². The lowest BCUT2D eigenvalue weighted by atomic mass is 9.61. The molecule has 52 heavy (non-hydrogen) atoms. The Balaban J connectivity index is 1.13. The summed E-state index contributed by atoms with van der Waals surface area (Å²) < 4.78 is 123. The van der Waals surface area contributed by atoms with Crippen molar-refractivity contribution in [3.05, 3.63) is 100 Å². The van der Waals surface area contributed by atoms with Crippen molar-refractivity contribution >= 4 is 17.6 Å². The topological polar surface area (TPSA) is 59.1 Å². The van der Waals surface area contributed by atoms with Gasteiger partial charge in [-0.05, 0) is 97.0 Å². The molecule has 0 bridgehead atoms. The molecule has 0 radical (unpaired) electrons. The van der Waals surface area contributed by atoms with Gasteiger partial charge in [0.2, 0.25) is 5.91 Å². The monoisotopic (exact) mass is 734 g/mol. The highest BCUT2D eigenvalue weighted by Gasteiger charge is 2.82. The second kappa shape index (κ2) is 11.7. The molecule has 3 aliphatic heterocycles.